The molecule has 0 spiro atoms. The molecule has 1 N–H and O–H groups in total. The second-order valence-electron chi connectivity index (χ2n) is 2.42. The highest BCUT2D eigenvalue weighted by Crippen LogP contribution is 2.40. The molecule has 0 aromatic heterocycles. The van der Waals surface area contributed by atoms with Gasteiger partial charge in [0, 0.05) is 10.0 Å². The van der Waals surface area contributed by atoms with E-state index in [0.29, 0.717) is 14.5 Å². The SMILES string of the molecule is Cc1c(Br)cc(Br)c(O)c1[N+](=O)[O-]. The van der Waals surface area contributed by atoms with Crippen molar-refractivity contribution in [1.82, 2.24) is 0 Å². The summed E-state index contributed by atoms with van der Waals surface area (Å²) >= 11 is 6.17. The number of benzene rings is 1. The number of rotatable bonds is 1. The molecule has 1 aromatic rings. The molecule has 1 rings (SSSR count). The van der Waals surface area contributed by atoms with Gasteiger partial charge in [0.1, 0.15) is 0 Å². The van der Waals surface area contributed by atoms with E-state index in [9.17, 15) is 15.2 Å². The number of nitro benzene ring substituents is 1. The quantitative estimate of drug-likeness (QED) is 0.640. The maximum Gasteiger partial charge on any atom is 0.315 e. The predicted molar refractivity (Wildman–Crippen MR) is 54.9 cm³/mol. The summed E-state index contributed by atoms with van der Waals surface area (Å²) in [5.41, 5.74) is 0.131. The fraction of sp³-hybridized carbons (Fsp3) is 0.143. The van der Waals surface area contributed by atoms with Crippen molar-refractivity contribution < 1.29 is 10.0 Å². The molecule has 70 valence electrons. The van der Waals surface area contributed by atoms with Crippen LogP contribution < -0.4 is 0 Å². The number of hydrogen-bond acceptors (Lipinski definition) is 3. The molecule has 0 aliphatic carbocycles. The molecule has 0 unspecified atom stereocenters. The first-order valence-electron chi connectivity index (χ1n) is 3.27. The van der Waals surface area contributed by atoms with E-state index in [2.05, 4.69) is 31.9 Å². The summed E-state index contributed by atoms with van der Waals surface area (Å²) in [5.74, 6) is -0.342. The van der Waals surface area contributed by atoms with Gasteiger partial charge in [0.2, 0.25) is 5.75 Å². The Morgan fingerprint density at radius 2 is 2.00 bits per heavy atom. The molecule has 1 aromatic carbocycles. The Morgan fingerprint density at radius 3 is 2.46 bits per heavy atom. The van der Waals surface area contributed by atoms with Crippen LogP contribution in [0, 0.1) is 17.0 Å². The van der Waals surface area contributed by atoms with E-state index >= 15 is 0 Å². The third-order valence-electron chi connectivity index (χ3n) is 1.60. The number of aromatic hydroxyl groups is 1. The molecule has 0 radical (unpaired) electrons. The fourth-order valence-electron chi connectivity index (χ4n) is 0.915. The van der Waals surface area contributed by atoms with Crippen LogP contribution in [0.2, 0.25) is 0 Å². The maximum atomic E-state index is 10.6. The second kappa shape index (κ2) is 3.63. The van der Waals surface area contributed by atoms with E-state index in [-0.39, 0.29) is 11.4 Å². The van der Waals surface area contributed by atoms with Crippen molar-refractivity contribution in [2.45, 2.75) is 6.92 Å². The fourth-order valence-corrected chi connectivity index (χ4v) is 2.06. The lowest BCUT2D eigenvalue weighted by molar-refractivity contribution is -0.386. The average molecular weight is 311 g/mol. The molecule has 0 bridgehead atoms. The average Bonchev–Trinajstić information content (AvgIpc) is 2.01. The molecule has 0 saturated heterocycles. The number of hydrogen-bond donors (Lipinski definition) is 1. The van der Waals surface area contributed by atoms with Crippen molar-refractivity contribution in [3.8, 4) is 5.75 Å². The minimum Gasteiger partial charge on any atom is -0.501 e. The highest BCUT2D eigenvalue weighted by atomic mass is 79.9. The number of phenolic OH excluding ortho intramolecular Hbond substituents is 1. The number of phenols is 1. The third kappa shape index (κ3) is 1.83. The second-order valence-corrected chi connectivity index (χ2v) is 4.13. The summed E-state index contributed by atoms with van der Waals surface area (Å²) in [4.78, 5) is 9.94. The van der Waals surface area contributed by atoms with Crippen LogP contribution >= 0.6 is 31.9 Å². The van der Waals surface area contributed by atoms with Gasteiger partial charge in [-0.15, -0.1) is 0 Å². The van der Waals surface area contributed by atoms with Crippen molar-refractivity contribution in [3.63, 3.8) is 0 Å². The first-order valence-corrected chi connectivity index (χ1v) is 4.85. The number of nitrogens with zero attached hydrogens (tertiary/aromatic N) is 1. The Bertz CT molecular complexity index is 352. The Hall–Kier alpha value is -0.620. The highest BCUT2D eigenvalue weighted by molar-refractivity contribution is 9.11. The van der Waals surface area contributed by atoms with Gasteiger partial charge in [0.05, 0.1) is 9.40 Å². The van der Waals surface area contributed by atoms with Crippen molar-refractivity contribution in [2.75, 3.05) is 0 Å². The van der Waals surface area contributed by atoms with Crippen LogP contribution in [-0.4, -0.2) is 10.0 Å². The van der Waals surface area contributed by atoms with Crippen LogP contribution in [0.4, 0.5) is 5.69 Å². The van der Waals surface area contributed by atoms with Crippen molar-refractivity contribution >= 4 is 37.5 Å². The lowest BCUT2D eigenvalue weighted by atomic mass is 10.2. The maximum absolute atomic E-state index is 10.6. The summed E-state index contributed by atoms with van der Waals surface area (Å²) in [6.07, 6.45) is 0. The van der Waals surface area contributed by atoms with E-state index in [0.717, 1.165) is 0 Å². The van der Waals surface area contributed by atoms with Gasteiger partial charge in [-0.1, -0.05) is 15.9 Å². The Labute approximate surface area is 91.0 Å². The molecular weight excluding hydrogens is 306 g/mol. The van der Waals surface area contributed by atoms with Gasteiger partial charge in [-0.3, -0.25) is 10.1 Å². The van der Waals surface area contributed by atoms with E-state index in [1.54, 1.807) is 13.0 Å². The highest BCUT2D eigenvalue weighted by Gasteiger charge is 2.21. The molecule has 0 aliphatic rings. The molecule has 0 aliphatic heterocycles. The summed E-state index contributed by atoms with van der Waals surface area (Å²) < 4.78 is 0.889. The van der Waals surface area contributed by atoms with E-state index < -0.39 is 4.92 Å². The van der Waals surface area contributed by atoms with Gasteiger partial charge in [-0.2, -0.15) is 0 Å². The molecule has 0 saturated carbocycles. The van der Waals surface area contributed by atoms with Gasteiger partial charge in [0.15, 0.2) is 0 Å². The molecule has 0 fully saturated rings. The Morgan fingerprint density at radius 1 is 1.46 bits per heavy atom. The predicted octanol–water partition coefficient (Wildman–Crippen LogP) is 3.13. The molecule has 0 heterocycles. The zero-order chi connectivity index (χ0) is 10.2. The van der Waals surface area contributed by atoms with Gasteiger partial charge < -0.3 is 5.11 Å². The molecule has 6 heteroatoms. The van der Waals surface area contributed by atoms with Crippen molar-refractivity contribution in [1.29, 1.82) is 0 Å². The minimum atomic E-state index is -0.611. The van der Waals surface area contributed by atoms with Gasteiger partial charge >= 0.3 is 5.69 Å². The van der Waals surface area contributed by atoms with Crippen LogP contribution in [0.15, 0.2) is 15.0 Å². The van der Waals surface area contributed by atoms with Crippen LogP contribution in [0.1, 0.15) is 5.56 Å². The first kappa shape index (κ1) is 10.5. The zero-order valence-corrected chi connectivity index (χ0v) is 9.72. The van der Waals surface area contributed by atoms with Gasteiger partial charge in [0.25, 0.3) is 0 Å². The normalized spacial score (nSPS) is 10.1. The summed E-state index contributed by atoms with van der Waals surface area (Å²) in [6.45, 7) is 1.56. The molecule has 0 atom stereocenters. The summed E-state index contributed by atoms with van der Waals surface area (Å²) in [5, 5.41) is 19.9. The van der Waals surface area contributed by atoms with Gasteiger partial charge in [-0.25, -0.2) is 0 Å². The standard InChI is InChI=1S/C7H5Br2NO3/c1-3-4(8)2-5(9)7(11)6(3)10(12)13/h2,11H,1H3. The Balaban J connectivity index is 3.56. The smallest absolute Gasteiger partial charge is 0.315 e. The topological polar surface area (TPSA) is 63.4 Å². The number of nitro groups is 1. The molecular formula is C7H5Br2NO3. The van der Waals surface area contributed by atoms with Crippen LogP contribution in [0.5, 0.6) is 5.75 Å². The van der Waals surface area contributed by atoms with E-state index in [1.807, 2.05) is 0 Å². The molecule has 0 amide bonds. The van der Waals surface area contributed by atoms with Crippen molar-refractivity contribution in [2.24, 2.45) is 0 Å². The van der Waals surface area contributed by atoms with Crippen LogP contribution in [-0.2, 0) is 0 Å². The lowest BCUT2D eigenvalue weighted by Crippen LogP contribution is -1.93. The van der Waals surface area contributed by atoms with E-state index in [4.69, 9.17) is 0 Å². The molecule has 13 heavy (non-hydrogen) atoms. The van der Waals surface area contributed by atoms with E-state index in [1.165, 1.54) is 0 Å². The van der Waals surface area contributed by atoms with Gasteiger partial charge in [-0.05, 0) is 28.9 Å². The van der Waals surface area contributed by atoms with Crippen LogP contribution in [0.3, 0.4) is 0 Å². The summed E-state index contributed by atoms with van der Waals surface area (Å²) in [7, 11) is 0. The lowest BCUT2D eigenvalue weighted by Gasteiger charge is -2.03. The molecule has 4 nitrogen and oxygen atoms in total. The largest absolute Gasteiger partial charge is 0.501 e. The van der Waals surface area contributed by atoms with Crippen molar-refractivity contribution in [3.05, 3.63) is 30.7 Å². The first-order chi connectivity index (χ1) is 5.95. The van der Waals surface area contributed by atoms with Crippen LogP contribution in [0.25, 0.3) is 0 Å². The minimum absolute atomic E-state index is 0.277. The Kier molecular flexibility index (Phi) is 2.92. The monoisotopic (exact) mass is 309 g/mol. The number of halogens is 2. The third-order valence-corrected chi connectivity index (χ3v) is 3.03. The summed E-state index contributed by atoms with van der Waals surface area (Å²) in [6, 6.07) is 1.57. The zero-order valence-electron chi connectivity index (χ0n) is 6.54.